The number of hydrogen-bond acceptors (Lipinski definition) is 3. The monoisotopic (exact) mass is 312 g/mol. The highest BCUT2D eigenvalue weighted by atomic mass is 32.2. The molecule has 1 aliphatic carbocycles. The molecular formula is C16H28N2O2S. The van der Waals surface area contributed by atoms with Crippen molar-refractivity contribution in [2.24, 2.45) is 5.92 Å². The number of nitrogens with one attached hydrogen (secondary N) is 1. The van der Waals surface area contributed by atoms with E-state index in [9.17, 15) is 9.59 Å². The van der Waals surface area contributed by atoms with Crippen molar-refractivity contribution in [3.8, 4) is 0 Å². The summed E-state index contributed by atoms with van der Waals surface area (Å²) < 4.78 is 0. The van der Waals surface area contributed by atoms with Crippen LogP contribution in [0.4, 0.5) is 0 Å². The zero-order valence-electron chi connectivity index (χ0n) is 13.8. The highest BCUT2D eigenvalue weighted by Gasteiger charge is 2.50. The van der Waals surface area contributed by atoms with Crippen molar-refractivity contribution in [3.63, 3.8) is 0 Å². The lowest BCUT2D eigenvalue weighted by Crippen LogP contribution is -2.71. The fourth-order valence-corrected chi connectivity index (χ4v) is 4.88. The van der Waals surface area contributed by atoms with Crippen LogP contribution in [0.25, 0.3) is 0 Å². The molecule has 0 aromatic carbocycles. The first kappa shape index (κ1) is 16.7. The lowest BCUT2D eigenvalue weighted by atomic mass is 9.89. The number of carbonyl (C=O) groups is 2. The Morgan fingerprint density at radius 1 is 1.33 bits per heavy atom. The quantitative estimate of drug-likeness (QED) is 0.867. The molecule has 1 saturated heterocycles. The third-order valence-electron chi connectivity index (χ3n) is 4.56. The molecule has 21 heavy (non-hydrogen) atoms. The van der Waals surface area contributed by atoms with E-state index in [0.717, 1.165) is 25.0 Å². The lowest BCUT2D eigenvalue weighted by molar-refractivity contribution is -0.158. The molecule has 1 N–H and O–H groups in total. The molecule has 1 heterocycles. The predicted molar refractivity (Wildman–Crippen MR) is 87.3 cm³/mol. The molecular weight excluding hydrogens is 284 g/mol. The Hall–Kier alpha value is -0.710. The molecule has 3 atom stereocenters. The molecule has 4 nitrogen and oxygen atoms in total. The molecule has 2 aliphatic rings. The van der Waals surface area contributed by atoms with Gasteiger partial charge in [-0.05, 0) is 38.4 Å². The molecule has 0 radical (unpaired) electrons. The predicted octanol–water partition coefficient (Wildman–Crippen LogP) is 2.42. The molecule has 0 spiro atoms. The van der Waals surface area contributed by atoms with Gasteiger partial charge in [0.1, 0.15) is 11.6 Å². The SMILES string of the molecule is CCSC1CCCC1N1C(=O)C(C)(C)NC(=O)C1C(C)C. The van der Waals surface area contributed by atoms with E-state index in [1.807, 2.05) is 44.4 Å². The van der Waals surface area contributed by atoms with Crippen LogP contribution in [0, 0.1) is 5.92 Å². The summed E-state index contributed by atoms with van der Waals surface area (Å²) in [5.41, 5.74) is -0.785. The Balaban J connectivity index is 2.34. The number of thioether (sulfide) groups is 1. The summed E-state index contributed by atoms with van der Waals surface area (Å²) in [6, 6.07) is -0.117. The second-order valence-corrected chi connectivity index (χ2v) is 8.52. The Kier molecular flexibility index (Phi) is 4.91. The molecule has 120 valence electrons. The van der Waals surface area contributed by atoms with Gasteiger partial charge in [0.15, 0.2) is 0 Å². The molecule has 0 aromatic rings. The number of nitrogens with zero attached hydrogens (tertiary/aromatic N) is 1. The number of hydrogen-bond donors (Lipinski definition) is 1. The maximum Gasteiger partial charge on any atom is 0.248 e. The Morgan fingerprint density at radius 2 is 2.00 bits per heavy atom. The molecule has 0 bridgehead atoms. The van der Waals surface area contributed by atoms with Gasteiger partial charge in [-0.3, -0.25) is 9.59 Å². The third-order valence-corrected chi connectivity index (χ3v) is 5.87. The molecule has 2 amide bonds. The standard InChI is InChI=1S/C16H28N2O2S/c1-6-21-12-9-7-8-11(12)18-13(10(2)3)14(19)17-16(4,5)15(18)20/h10-13H,6-9H2,1-5H3,(H,17,19). The summed E-state index contributed by atoms with van der Waals surface area (Å²) in [6.45, 7) is 9.84. The molecule has 5 heteroatoms. The molecule has 1 saturated carbocycles. The van der Waals surface area contributed by atoms with Gasteiger partial charge in [-0.25, -0.2) is 0 Å². The van der Waals surface area contributed by atoms with Gasteiger partial charge in [0, 0.05) is 11.3 Å². The summed E-state index contributed by atoms with van der Waals surface area (Å²) in [5, 5.41) is 3.37. The van der Waals surface area contributed by atoms with Crippen LogP contribution in [0.5, 0.6) is 0 Å². The Morgan fingerprint density at radius 3 is 2.57 bits per heavy atom. The average molecular weight is 312 g/mol. The minimum absolute atomic E-state index is 0.00162. The number of rotatable bonds is 4. The van der Waals surface area contributed by atoms with Gasteiger partial charge in [-0.1, -0.05) is 27.2 Å². The molecule has 2 fully saturated rings. The molecule has 2 rings (SSSR count). The zero-order chi connectivity index (χ0) is 15.8. The van der Waals surface area contributed by atoms with Crippen LogP contribution in [0.3, 0.4) is 0 Å². The van der Waals surface area contributed by atoms with Crippen LogP contribution >= 0.6 is 11.8 Å². The van der Waals surface area contributed by atoms with Gasteiger partial charge in [0.2, 0.25) is 11.8 Å². The van der Waals surface area contributed by atoms with Gasteiger partial charge in [0.05, 0.1) is 0 Å². The summed E-state index contributed by atoms with van der Waals surface area (Å²) >= 11 is 1.93. The van der Waals surface area contributed by atoms with E-state index in [1.165, 1.54) is 0 Å². The van der Waals surface area contributed by atoms with Gasteiger partial charge >= 0.3 is 0 Å². The second-order valence-electron chi connectivity index (χ2n) is 7.01. The number of carbonyl (C=O) groups excluding carboxylic acids is 2. The minimum Gasteiger partial charge on any atom is -0.340 e. The van der Waals surface area contributed by atoms with E-state index in [1.54, 1.807) is 0 Å². The highest BCUT2D eigenvalue weighted by molar-refractivity contribution is 7.99. The van der Waals surface area contributed by atoms with E-state index in [2.05, 4.69) is 12.2 Å². The van der Waals surface area contributed by atoms with E-state index >= 15 is 0 Å². The topological polar surface area (TPSA) is 49.4 Å². The van der Waals surface area contributed by atoms with Crippen LogP contribution in [0.2, 0.25) is 0 Å². The highest BCUT2D eigenvalue weighted by Crippen LogP contribution is 2.37. The molecule has 0 aromatic heterocycles. The van der Waals surface area contributed by atoms with E-state index < -0.39 is 5.54 Å². The lowest BCUT2D eigenvalue weighted by Gasteiger charge is -2.48. The summed E-state index contributed by atoms with van der Waals surface area (Å²) in [5.74, 6) is 1.28. The van der Waals surface area contributed by atoms with Crippen molar-refractivity contribution in [2.45, 2.75) is 76.8 Å². The first-order valence-electron chi connectivity index (χ1n) is 8.06. The minimum atomic E-state index is -0.785. The van der Waals surface area contributed by atoms with Gasteiger partial charge < -0.3 is 10.2 Å². The summed E-state index contributed by atoms with van der Waals surface area (Å²) in [6.07, 6.45) is 3.33. The van der Waals surface area contributed by atoms with Crippen molar-refractivity contribution < 1.29 is 9.59 Å². The maximum atomic E-state index is 12.9. The largest absolute Gasteiger partial charge is 0.340 e. The van der Waals surface area contributed by atoms with E-state index in [-0.39, 0.29) is 29.8 Å². The molecule has 3 unspecified atom stereocenters. The smallest absolute Gasteiger partial charge is 0.248 e. The van der Waals surface area contributed by atoms with Gasteiger partial charge in [-0.15, -0.1) is 0 Å². The second kappa shape index (κ2) is 6.19. The normalized spacial score (nSPS) is 32.7. The van der Waals surface area contributed by atoms with Crippen molar-refractivity contribution in [1.82, 2.24) is 10.2 Å². The maximum absolute atomic E-state index is 12.9. The Labute approximate surface area is 132 Å². The van der Waals surface area contributed by atoms with Crippen molar-refractivity contribution in [2.75, 3.05) is 5.75 Å². The van der Waals surface area contributed by atoms with E-state index in [4.69, 9.17) is 0 Å². The van der Waals surface area contributed by atoms with Crippen molar-refractivity contribution >= 4 is 23.6 Å². The van der Waals surface area contributed by atoms with Crippen molar-refractivity contribution in [3.05, 3.63) is 0 Å². The summed E-state index contributed by atoms with van der Waals surface area (Å²) in [4.78, 5) is 27.4. The van der Waals surface area contributed by atoms with Crippen LogP contribution in [-0.2, 0) is 9.59 Å². The Bertz CT molecular complexity index is 423. The van der Waals surface area contributed by atoms with Gasteiger partial charge in [-0.2, -0.15) is 11.8 Å². The molecule has 1 aliphatic heterocycles. The van der Waals surface area contributed by atoms with Crippen molar-refractivity contribution in [1.29, 1.82) is 0 Å². The van der Waals surface area contributed by atoms with Crippen LogP contribution in [0.15, 0.2) is 0 Å². The van der Waals surface area contributed by atoms with Gasteiger partial charge in [0.25, 0.3) is 0 Å². The fraction of sp³-hybridized carbons (Fsp3) is 0.875. The fourth-order valence-electron chi connectivity index (χ4n) is 3.62. The number of amides is 2. The van der Waals surface area contributed by atoms with Crippen LogP contribution in [0.1, 0.15) is 53.9 Å². The zero-order valence-corrected chi connectivity index (χ0v) is 14.6. The summed E-state index contributed by atoms with van der Waals surface area (Å²) in [7, 11) is 0. The van der Waals surface area contributed by atoms with Crippen LogP contribution < -0.4 is 5.32 Å². The average Bonchev–Trinajstić information content (AvgIpc) is 2.80. The van der Waals surface area contributed by atoms with E-state index in [0.29, 0.717) is 5.25 Å². The first-order valence-corrected chi connectivity index (χ1v) is 9.11. The van der Waals surface area contributed by atoms with Crippen LogP contribution in [-0.4, -0.2) is 45.3 Å². The number of piperazine rings is 1. The third kappa shape index (κ3) is 3.08. The first-order chi connectivity index (χ1) is 9.79.